The van der Waals surface area contributed by atoms with Gasteiger partial charge < -0.3 is 4.98 Å². The molecule has 0 amide bonds. The summed E-state index contributed by atoms with van der Waals surface area (Å²) in [5.74, 6) is 2.14. The van der Waals surface area contributed by atoms with Gasteiger partial charge in [0.25, 0.3) is 0 Å². The Morgan fingerprint density at radius 3 is 2.77 bits per heavy atom. The summed E-state index contributed by atoms with van der Waals surface area (Å²) in [7, 11) is 0. The minimum Gasteiger partial charge on any atom is -0.367 e. The van der Waals surface area contributed by atoms with Gasteiger partial charge in [0.15, 0.2) is 0 Å². The molecule has 0 aromatic carbocycles. The summed E-state index contributed by atoms with van der Waals surface area (Å²) in [4.78, 5) is 5.65. The lowest BCUT2D eigenvalue weighted by atomic mass is 9.94. The maximum atomic E-state index is 3.10. The molecule has 1 saturated carbocycles. The SMILES string of the molecule is c1cc(CN2CC(C3CC3)C2)c[nH]1. The average molecular weight is 176 g/mol. The summed E-state index contributed by atoms with van der Waals surface area (Å²) in [6.07, 6.45) is 7.11. The van der Waals surface area contributed by atoms with Crippen molar-refractivity contribution < 1.29 is 0 Å². The van der Waals surface area contributed by atoms with Crippen molar-refractivity contribution in [3.05, 3.63) is 24.0 Å². The van der Waals surface area contributed by atoms with Crippen molar-refractivity contribution in [3.63, 3.8) is 0 Å². The van der Waals surface area contributed by atoms with E-state index < -0.39 is 0 Å². The van der Waals surface area contributed by atoms with Crippen molar-refractivity contribution in [3.8, 4) is 0 Å². The summed E-state index contributed by atoms with van der Waals surface area (Å²) >= 11 is 0. The van der Waals surface area contributed by atoms with Crippen molar-refractivity contribution in [2.45, 2.75) is 19.4 Å². The quantitative estimate of drug-likeness (QED) is 0.744. The number of hydrogen-bond donors (Lipinski definition) is 1. The average Bonchev–Trinajstić information content (AvgIpc) is 2.75. The molecule has 1 aromatic rings. The lowest BCUT2D eigenvalue weighted by Crippen LogP contribution is -2.46. The van der Waals surface area contributed by atoms with Crippen molar-refractivity contribution >= 4 is 0 Å². The first-order valence-corrected chi connectivity index (χ1v) is 5.26. The Morgan fingerprint density at radius 2 is 2.15 bits per heavy atom. The number of aromatic nitrogens is 1. The van der Waals surface area contributed by atoms with Gasteiger partial charge in [0, 0.05) is 32.0 Å². The molecule has 1 aliphatic carbocycles. The van der Waals surface area contributed by atoms with E-state index in [9.17, 15) is 0 Å². The largest absolute Gasteiger partial charge is 0.367 e. The number of nitrogens with zero attached hydrogens (tertiary/aromatic N) is 1. The Hall–Kier alpha value is -0.760. The molecule has 2 nitrogen and oxygen atoms in total. The maximum Gasteiger partial charge on any atom is 0.0248 e. The van der Waals surface area contributed by atoms with Crippen LogP contribution >= 0.6 is 0 Å². The number of likely N-dealkylation sites (tertiary alicyclic amines) is 1. The molecule has 70 valence electrons. The Balaban J connectivity index is 1.49. The number of H-pyrrole nitrogens is 1. The zero-order valence-electron chi connectivity index (χ0n) is 7.87. The number of rotatable bonds is 3. The number of hydrogen-bond acceptors (Lipinski definition) is 1. The molecule has 2 fully saturated rings. The van der Waals surface area contributed by atoms with E-state index in [1.54, 1.807) is 0 Å². The van der Waals surface area contributed by atoms with E-state index in [0.717, 1.165) is 18.4 Å². The summed E-state index contributed by atoms with van der Waals surface area (Å²) in [6.45, 7) is 3.83. The fraction of sp³-hybridized carbons (Fsp3) is 0.636. The maximum absolute atomic E-state index is 3.10. The van der Waals surface area contributed by atoms with Gasteiger partial charge in [-0.15, -0.1) is 0 Å². The molecular weight excluding hydrogens is 160 g/mol. The third kappa shape index (κ3) is 1.51. The lowest BCUT2D eigenvalue weighted by Gasteiger charge is -2.39. The lowest BCUT2D eigenvalue weighted by molar-refractivity contribution is 0.0777. The molecule has 2 heteroatoms. The smallest absolute Gasteiger partial charge is 0.0248 e. The van der Waals surface area contributed by atoms with Crippen molar-refractivity contribution in [1.82, 2.24) is 9.88 Å². The molecule has 1 saturated heterocycles. The second-order valence-electron chi connectivity index (χ2n) is 4.51. The van der Waals surface area contributed by atoms with E-state index in [-0.39, 0.29) is 0 Å². The van der Waals surface area contributed by atoms with E-state index in [0.29, 0.717) is 0 Å². The summed E-state index contributed by atoms with van der Waals surface area (Å²) in [6, 6.07) is 2.17. The van der Waals surface area contributed by atoms with Gasteiger partial charge in [-0.2, -0.15) is 0 Å². The van der Waals surface area contributed by atoms with Crippen molar-refractivity contribution in [1.29, 1.82) is 0 Å². The molecule has 2 aliphatic rings. The highest BCUT2D eigenvalue weighted by atomic mass is 15.2. The van der Waals surface area contributed by atoms with Gasteiger partial charge in [-0.05, 0) is 36.3 Å². The second kappa shape index (κ2) is 2.88. The highest BCUT2D eigenvalue weighted by molar-refractivity contribution is 5.09. The van der Waals surface area contributed by atoms with E-state index in [1.807, 2.05) is 6.20 Å². The van der Waals surface area contributed by atoms with Gasteiger partial charge in [0.05, 0.1) is 0 Å². The Labute approximate surface area is 78.9 Å². The predicted molar refractivity (Wildman–Crippen MR) is 52.3 cm³/mol. The minimum absolute atomic E-state index is 1.04. The van der Waals surface area contributed by atoms with E-state index >= 15 is 0 Å². The third-order valence-corrected chi connectivity index (χ3v) is 3.34. The van der Waals surface area contributed by atoms with Crippen LogP contribution in [0.2, 0.25) is 0 Å². The molecule has 1 aliphatic heterocycles. The molecular formula is C11H16N2. The van der Waals surface area contributed by atoms with Crippen LogP contribution < -0.4 is 0 Å². The van der Waals surface area contributed by atoms with Gasteiger partial charge >= 0.3 is 0 Å². The van der Waals surface area contributed by atoms with E-state index in [2.05, 4.69) is 22.1 Å². The highest BCUT2D eigenvalue weighted by Gasteiger charge is 2.38. The molecule has 0 unspecified atom stereocenters. The topological polar surface area (TPSA) is 19.0 Å². The summed E-state index contributed by atoms with van der Waals surface area (Å²) < 4.78 is 0. The second-order valence-corrected chi connectivity index (χ2v) is 4.51. The van der Waals surface area contributed by atoms with Crippen LogP contribution in [0, 0.1) is 11.8 Å². The molecule has 2 heterocycles. The highest BCUT2D eigenvalue weighted by Crippen LogP contribution is 2.41. The van der Waals surface area contributed by atoms with Crippen LogP contribution in [-0.2, 0) is 6.54 Å². The van der Waals surface area contributed by atoms with Crippen LogP contribution in [0.4, 0.5) is 0 Å². The first kappa shape index (κ1) is 7.63. The van der Waals surface area contributed by atoms with E-state index in [4.69, 9.17) is 0 Å². The van der Waals surface area contributed by atoms with Gasteiger partial charge in [-0.25, -0.2) is 0 Å². The van der Waals surface area contributed by atoms with Gasteiger partial charge in [-0.3, -0.25) is 4.90 Å². The minimum atomic E-state index is 1.04. The van der Waals surface area contributed by atoms with Crippen LogP contribution in [0.15, 0.2) is 18.5 Å². The Morgan fingerprint density at radius 1 is 1.31 bits per heavy atom. The predicted octanol–water partition coefficient (Wildman–Crippen LogP) is 1.86. The van der Waals surface area contributed by atoms with Gasteiger partial charge in [0.1, 0.15) is 0 Å². The summed E-state index contributed by atoms with van der Waals surface area (Å²) in [5, 5.41) is 0. The standard InChI is InChI=1S/C11H16N2/c1-2-10(1)11-7-13(8-11)6-9-3-4-12-5-9/h3-5,10-12H,1-2,6-8H2. The first-order valence-electron chi connectivity index (χ1n) is 5.26. The molecule has 1 N–H and O–H groups in total. The fourth-order valence-corrected chi connectivity index (χ4v) is 2.32. The number of nitrogens with one attached hydrogen (secondary N) is 1. The monoisotopic (exact) mass is 176 g/mol. The molecule has 0 atom stereocenters. The van der Waals surface area contributed by atoms with Crippen molar-refractivity contribution in [2.24, 2.45) is 11.8 Å². The van der Waals surface area contributed by atoms with Crippen LogP contribution in [0.3, 0.4) is 0 Å². The molecule has 0 spiro atoms. The van der Waals surface area contributed by atoms with Crippen LogP contribution in [-0.4, -0.2) is 23.0 Å². The molecule has 0 bridgehead atoms. The van der Waals surface area contributed by atoms with E-state index in [1.165, 1.54) is 31.5 Å². The normalized spacial score (nSPS) is 24.6. The summed E-state index contributed by atoms with van der Waals surface area (Å²) in [5.41, 5.74) is 1.43. The zero-order valence-corrected chi connectivity index (χ0v) is 7.87. The fourth-order valence-electron chi connectivity index (χ4n) is 2.32. The molecule has 1 aromatic heterocycles. The molecule has 13 heavy (non-hydrogen) atoms. The van der Waals surface area contributed by atoms with Gasteiger partial charge in [-0.1, -0.05) is 0 Å². The first-order chi connectivity index (χ1) is 6.42. The number of aromatic amines is 1. The van der Waals surface area contributed by atoms with Crippen LogP contribution in [0.5, 0.6) is 0 Å². The zero-order chi connectivity index (χ0) is 8.67. The van der Waals surface area contributed by atoms with Gasteiger partial charge in [0.2, 0.25) is 0 Å². The Bertz CT molecular complexity index is 268. The van der Waals surface area contributed by atoms with Crippen LogP contribution in [0.25, 0.3) is 0 Å². The van der Waals surface area contributed by atoms with Crippen LogP contribution in [0.1, 0.15) is 18.4 Å². The molecule has 3 rings (SSSR count). The van der Waals surface area contributed by atoms with Crippen molar-refractivity contribution in [2.75, 3.05) is 13.1 Å². The molecule has 0 radical (unpaired) electrons. The third-order valence-electron chi connectivity index (χ3n) is 3.34. The Kier molecular flexibility index (Phi) is 1.69.